The zero-order chi connectivity index (χ0) is 24.0. The molecule has 1 aromatic heterocycles. The predicted octanol–water partition coefficient (Wildman–Crippen LogP) is 2.74. The predicted molar refractivity (Wildman–Crippen MR) is 123 cm³/mol. The maximum atomic E-state index is 12.9. The molecule has 9 nitrogen and oxygen atoms in total. The molecule has 33 heavy (non-hydrogen) atoms. The first-order chi connectivity index (χ1) is 15.8. The Morgan fingerprint density at radius 2 is 1.79 bits per heavy atom. The lowest BCUT2D eigenvalue weighted by atomic mass is 10.1. The van der Waals surface area contributed by atoms with E-state index in [0.29, 0.717) is 24.6 Å². The fraction of sp³-hybridized carbons (Fsp3) is 0.435. The van der Waals surface area contributed by atoms with Gasteiger partial charge < -0.3 is 29.2 Å². The van der Waals surface area contributed by atoms with Gasteiger partial charge in [0.15, 0.2) is 18.1 Å². The number of nitrogens with one attached hydrogen (secondary N) is 1. The number of benzene rings is 1. The summed E-state index contributed by atoms with van der Waals surface area (Å²) in [6.45, 7) is 4.21. The summed E-state index contributed by atoms with van der Waals surface area (Å²) >= 11 is 1.46. The van der Waals surface area contributed by atoms with Gasteiger partial charge in [-0.2, -0.15) is 0 Å². The van der Waals surface area contributed by atoms with Crippen LogP contribution in [-0.4, -0.2) is 68.8 Å². The zero-order valence-electron chi connectivity index (χ0n) is 19.1. The summed E-state index contributed by atoms with van der Waals surface area (Å²) in [7, 11) is 2.89. The van der Waals surface area contributed by atoms with E-state index in [1.54, 1.807) is 4.90 Å². The first-order valence-electron chi connectivity index (χ1n) is 10.5. The lowest BCUT2D eigenvalue weighted by molar-refractivity contribution is -0.146. The van der Waals surface area contributed by atoms with E-state index in [-0.39, 0.29) is 41.7 Å². The number of methoxy groups -OCH3 is 2. The largest absolute Gasteiger partial charge is 0.493 e. The van der Waals surface area contributed by atoms with Gasteiger partial charge in [-0.15, -0.1) is 11.3 Å². The second-order valence-corrected chi connectivity index (χ2v) is 8.72. The van der Waals surface area contributed by atoms with Crippen LogP contribution >= 0.6 is 11.3 Å². The van der Waals surface area contributed by atoms with Crippen molar-refractivity contribution in [3.63, 3.8) is 0 Å². The summed E-state index contributed by atoms with van der Waals surface area (Å²) in [5.74, 6) is -0.735. The summed E-state index contributed by atoms with van der Waals surface area (Å²) in [6, 6.07) is 6.63. The Labute approximate surface area is 196 Å². The minimum absolute atomic E-state index is 0.0590. The van der Waals surface area contributed by atoms with E-state index in [1.165, 1.54) is 37.7 Å². The summed E-state index contributed by atoms with van der Waals surface area (Å²) in [5.41, 5.74) is 0.268. The van der Waals surface area contributed by atoms with E-state index >= 15 is 0 Å². The van der Waals surface area contributed by atoms with Crippen molar-refractivity contribution >= 4 is 34.8 Å². The van der Waals surface area contributed by atoms with Gasteiger partial charge in [0, 0.05) is 30.1 Å². The molecule has 0 radical (unpaired) electrons. The van der Waals surface area contributed by atoms with Gasteiger partial charge in [0.05, 0.1) is 44.1 Å². The molecule has 1 aliphatic rings. The first-order valence-corrected chi connectivity index (χ1v) is 11.4. The highest BCUT2D eigenvalue weighted by atomic mass is 32.1. The molecular formula is C23H28N2O7S. The van der Waals surface area contributed by atoms with E-state index in [1.807, 2.05) is 31.4 Å². The minimum atomic E-state index is -0.759. The quantitative estimate of drug-likeness (QED) is 0.585. The Kier molecular flexibility index (Phi) is 8.29. The summed E-state index contributed by atoms with van der Waals surface area (Å²) in [4.78, 5) is 40.5. The molecule has 178 valence electrons. The number of morpholine rings is 1. The van der Waals surface area contributed by atoms with Crippen molar-refractivity contribution in [2.24, 2.45) is 0 Å². The molecule has 1 aromatic carbocycles. The van der Waals surface area contributed by atoms with Crippen LogP contribution in [0.15, 0.2) is 29.6 Å². The van der Waals surface area contributed by atoms with E-state index in [4.69, 9.17) is 18.9 Å². The lowest BCUT2D eigenvalue weighted by Gasteiger charge is -2.35. The molecule has 0 aliphatic carbocycles. The molecule has 10 heteroatoms. The molecule has 2 amide bonds. The third-order valence-electron chi connectivity index (χ3n) is 5.03. The highest BCUT2D eigenvalue weighted by Crippen LogP contribution is 2.34. The van der Waals surface area contributed by atoms with Gasteiger partial charge >= 0.3 is 5.97 Å². The van der Waals surface area contributed by atoms with Crippen molar-refractivity contribution in [2.45, 2.75) is 32.5 Å². The number of amides is 2. The van der Waals surface area contributed by atoms with Crippen LogP contribution in [-0.2, 0) is 25.5 Å². The third kappa shape index (κ3) is 6.45. The molecule has 1 saturated heterocycles. The van der Waals surface area contributed by atoms with Crippen molar-refractivity contribution in [3.05, 3.63) is 40.1 Å². The number of thiophene rings is 1. The van der Waals surface area contributed by atoms with Gasteiger partial charge in [0.1, 0.15) is 0 Å². The molecule has 3 rings (SSSR count). The summed E-state index contributed by atoms with van der Waals surface area (Å²) < 4.78 is 21.5. The van der Waals surface area contributed by atoms with Crippen molar-refractivity contribution in [1.82, 2.24) is 4.90 Å². The van der Waals surface area contributed by atoms with Crippen LogP contribution in [0.1, 0.15) is 29.1 Å². The Hall–Kier alpha value is -3.11. The Balaban J connectivity index is 1.74. The van der Waals surface area contributed by atoms with Crippen molar-refractivity contribution in [3.8, 4) is 11.5 Å². The molecule has 0 spiro atoms. The van der Waals surface area contributed by atoms with Crippen molar-refractivity contribution < 1.29 is 33.3 Å². The minimum Gasteiger partial charge on any atom is -0.493 e. The SMILES string of the molecule is COc1cc(NC(=O)Cc2cccs2)c(C(=O)OCC(=O)N2CC(C)OC(C)C2)cc1OC. The first kappa shape index (κ1) is 24.5. The lowest BCUT2D eigenvalue weighted by Crippen LogP contribution is -2.49. The van der Waals surface area contributed by atoms with Crippen LogP contribution in [0.25, 0.3) is 0 Å². The molecule has 1 N–H and O–H groups in total. The molecular weight excluding hydrogens is 448 g/mol. The Morgan fingerprint density at radius 3 is 2.39 bits per heavy atom. The van der Waals surface area contributed by atoms with Crippen LogP contribution in [0.2, 0.25) is 0 Å². The van der Waals surface area contributed by atoms with Gasteiger partial charge in [-0.3, -0.25) is 9.59 Å². The van der Waals surface area contributed by atoms with Crippen molar-refractivity contribution in [2.75, 3.05) is 39.2 Å². The molecule has 0 bridgehead atoms. The standard InChI is InChI=1S/C23H28N2O7S/c1-14-11-25(12-15(2)32-14)22(27)13-31-23(28)17-9-19(29-3)20(30-4)10-18(17)24-21(26)8-16-6-5-7-33-16/h5-7,9-10,14-15H,8,11-13H2,1-4H3,(H,24,26). The van der Waals surface area contributed by atoms with Crippen LogP contribution in [0, 0.1) is 0 Å². The van der Waals surface area contributed by atoms with Crippen LogP contribution < -0.4 is 14.8 Å². The van der Waals surface area contributed by atoms with Gasteiger partial charge in [-0.1, -0.05) is 6.07 Å². The number of carbonyl (C=O) groups excluding carboxylic acids is 3. The molecule has 2 atom stereocenters. The molecule has 1 aliphatic heterocycles. The number of anilines is 1. The fourth-order valence-corrected chi connectivity index (χ4v) is 4.30. The number of rotatable bonds is 8. The van der Waals surface area contributed by atoms with Gasteiger partial charge in [0.25, 0.3) is 5.91 Å². The van der Waals surface area contributed by atoms with Crippen LogP contribution in [0.5, 0.6) is 11.5 Å². The number of hydrogen-bond acceptors (Lipinski definition) is 8. The van der Waals surface area contributed by atoms with Gasteiger partial charge in [0.2, 0.25) is 5.91 Å². The van der Waals surface area contributed by atoms with Crippen LogP contribution in [0.4, 0.5) is 5.69 Å². The maximum Gasteiger partial charge on any atom is 0.340 e. The number of esters is 1. The number of hydrogen-bond donors (Lipinski definition) is 1. The number of nitrogens with zero attached hydrogens (tertiary/aromatic N) is 1. The second-order valence-electron chi connectivity index (χ2n) is 7.69. The second kappa shape index (κ2) is 11.2. The maximum absolute atomic E-state index is 12.9. The summed E-state index contributed by atoms with van der Waals surface area (Å²) in [5, 5.41) is 4.62. The van der Waals surface area contributed by atoms with Crippen LogP contribution in [0.3, 0.4) is 0 Å². The monoisotopic (exact) mass is 476 g/mol. The summed E-state index contributed by atoms with van der Waals surface area (Å²) in [6.07, 6.45) is -0.0272. The highest BCUT2D eigenvalue weighted by molar-refractivity contribution is 7.10. The Bertz CT molecular complexity index is 983. The number of ether oxygens (including phenoxy) is 4. The molecule has 1 fully saturated rings. The van der Waals surface area contributed by atoms with Gasteiger partial charge in [-0.05, 0) is 25.3 Å². The normalized spacial score (nSPS) is 17.9. The number of carbonyl (C=O) groups is 3. The molecule has 2 aromatic rings. The average Bonchev–Trinajstić information content (AvgIpc) is 3.29. The zero-order valence-corrected chi connectivity index (χ0v) is 19.9. The average molecular weight is 477 g/mol. The fourth-order valence-electron chi connectivity index (χ4n) is 3.59. The van der Waals surface area contributed by atoms with E-state index < -0.39 is 12.6 Å². The Morgan fingerprint density at radius 1 is 1.12 bits per heavy atom. The topological polar surface area (TPSA) is 103 Å². The molecule has 0 saturated carbocycles. The highest BCUT2D eigenvalue weighted by Gasteiger charge is 2.27. The third-order valence-corrected chi connectivity index (χ3v) is 5.91. The molecule has 2 unspecified atom stereocenters. The van der Waals surface area contributed by atoms with Crippen molar-refractivity contribution in [1.29, 1.82) is 0 Å². The van der Waals surface area contributed by atoms with E-state index in [2.05, 4.69) is 5.32 Å². The van der Waals surface area contributed by atoms with E-state index in [0.717, 1.165) is 4.88 Å². The molecule has 2 heterocycles. The smallest absolute Gasteiger partial charge is 0.340 e. The van der Waals surface area contributed by atoms with E-state index in [9.17, 15) is 14.4 Å². The van der Waals surface area contributed by atoms with Gasteiger partial charge in [-0.25, -0.2) is 4.79 Å².